The fourth-order valence-corrected chi connectivity index (χ4v) is 3.23. The Bertz CT molecular complexity index is 557. The van der Waals surface area contributed by atoms with Crippen molar-refractivity contribution in [3.63, 3.8) is 0 Å². The van der Waals surface area contributed by atoms with Gasteiger partial charge in [0, 0.05) is 24.2 Å². The molecule has 2 aromatic rings. The lowest BCUT2D eigenvalue weighted by molar-refractivity contribution is 0.542. The summed E-state index contributed by atoms with van der Waals surface area (Å²) in [4.78, 5) is 0. The number of aromatic nitrogens is 1. The van der Waals surface area contributed by atoms with Gasteiger partial charge in [-0.25, -0.2) is 0 Å². The molecule has 1 aromatic heterocycles. The number of benzene rings is 1. The van der Waals surface area contributed by atoms with Crippen molar-refractivity contribution in [3.05, 3.63) is 34.5 Å². The molecule has 0 aliphatic heterocycles. The first-order valence-electron chi connectivity index (χ1n) is 5.71. The van der Waals surface area contributed by atoms with Crippen molar-refractivity contribution in [3.8, 4) is 0 Å². The normalized spacial score (nSPS) is 20.1. The van der Waals surface area contributed by atoms with Crippen LogP contribution in [0.2, 0.25) is 5.02 Å². The minimum absolute atomic E-state index is 0.164. The summed E-state index contributed by atoms with van der Waals surface area (Å²) in [5.41, 5.74) is 10.0. The lowest BCUT2D eigenvalue weighted by atomic mass is 9.92. The highest BCUT2D eigenvalue weighted by atomic mass is 35.5. The van der Waals surface area contributed by atoms with E-state index >= 15 is 0 Å². The van der Waals surface area contributed by atoms with Crippen LogP contribution in [0.5, 0.6) is 0 Å². The Hall–Kier alpha value is -0.990. The van der Waals surface area contributed by atoms with Crippen LogP contribution in [-0.2, 0) is 13.5 Å². The number of aryl methyl sites for hydroxylation is 2. The van der Waals surface area contributed by atoms with Gasteiger partial charge >= 0.3 is 0 Å². The largest absolute Gasteiger partial charge is 0.345 e. The predicted octanol–water partition coefficient (Wildman–Crippen LogP) is 3.17. The zero-order chi connectivity index (χ0) is 11.3. The average molecular weight is 235 g/mol. The van der Waals surface area contributed by atoms with E-state index in [4.69, 9.17) is 17.3 Å². The Balaban J connectivity index is 2.43. The third-order valence-electron chi connectivity index (χ3n) is 3.61. The zero-order valence-electron chi connectivity index (χ0n) is 9.33. The fourth-order valence-electron chi connectivity index (χ4n) is 2.93. The van der Waals surface area contributed by atoms with Crippen LogP contribution in [0.25, 0.3) is 10.9 Å². The summed E-state index contributed by atoms with van der Waals surface area (Å²) in [5, 5.41) is 2.10. The van der Waals surface area contributed by atoms with Gasteiger partial charge in [-0.15, -0.1) is 0 Å². The molecule has 0 fully saturated rings. The topological polar surface area (TPSA) is 30.9 Å². The number of nitrogens with two attached hydrogens (primary N) is 1. The highest BCUT2D eigenvalue weighted by molar-refractivity contribution is 6.35. The molecule has 0 saturated heterocycles. The van der Waals surface area contributed by atoms with Crippen LogP contribution >= 0.6 is 11.6 Å². The van der Waals surface area contributed by atoms with E-state index in [0.717, 1.165) is 23.4 Å². The Morgan fingerprint density at radius 1 is 1.44 bits per heavy atom. The minimum Gasteiger partial charge on any atom is -0.345 e. The van der Waals surface area contributed by atoms with Crippen LogP contribution in [0.15, 0.2) is 18.2 Å². The molecule has 1 aromatic carbocycles. The molecule has 2 nitrogen and oxygen atoms in total. The number of halogens is 1. The van der Waals surface area contributed by atoms with E-state index in [2.05, 4.69) is 17.7 Å². The summed E-state index contributed by atoms with van der Waals surface area (Å²) >= 11 is 6.27. The van der Waals surface area contributed by atoms with Crippen LogP contribution in [0.4, 0.5) is 0 Å². The van der Waals surface area contributed by atoms with E-state index in [0.29, 0.717) is 0 Å². The molecular formula is C13H15ClN2. The molecule has 16 heavy (non-hydrogen) atoms. The molecule has 3 heteroatoms. The van der Waals surface area contributed by atoms with Gasteiger partial charge in [0.2, 0.25) is 0 Å². The maximum Gasteiger partial charge on any atom is 0.0672 e. The summed E-state index contributed by atoms with van der Waals surface area (Å²) in [7, 11) is 2.07. The SMILES string of the molecule is Cn1c2c(c3cccc(Cl)c31)CCCC2N. The van der Waals surface area contributed by atoms with Crippen LogP contribution < -0.4 is 5.73 Å². The van der Waals surface area contributed by atoms with Gasteiger partial charge in [0.15, 0.2) is 0 Å². The van der Waals surface area contributed by atoms with Crippen molar-refractivity contribution in [2.75, 3.05) is 0 Å². The second-order valence-corrected chi connectivity index (χ2v) is 4.96. The van der Waals surface area contributed by atoms with E-state index in [1.807, 2.05) is 12.1 Å². The van der Waals surface area contributed by atoms with E-state index < -0.39 is 0 Å². The molecule has 1 unspecified atom stereocenters. The summed E-state index contributed by atoms with van der Waals surface area (Å²) in [6.07, 6.45) is 3.38. The van der Waals surface area contributed by atoms with E-state index in [-0.39, 0.29) is 6.04 Å². The number of hydrogen-bond acceptors (Lipinski definition) is 1. The van der Waals surface area contributed by atoms with Gasteiger partial charge in [-0.2, -0.15) is 0 Å². The second-order valence-electron chi connectivity index (χ2n) is 4.56. The van der Waals surface area contributed by atoms with Gasteiger partial charge in [-0.1, -0.05) is 23.7 Å². The van der Waals surface area contributed by atoms with Crippen LogP contribution in [0, 0.1) is 0 Å². The molecule has 1 aliphatic rings. The van der Waals surface area contributed by atoms with Gasteiger partial charge in [0.05, 0.1) is 10.5 Å². The molecule has 1 heterocycles. The number of nitrogens with zero attached hydrogens (tertiary/aromatic N) is 1. The van der Waals surface area contributed by atoms with Crippen LogP contribution in [0.3, 0.4) is 0 Å². The summed E-state index contributed by atoms with van der Waals surface area (Å²) in [6.45, 7) is 0. The average Bonchev–Trinajstić information content (AvgIpc) is 2.56. The third kappa shape index (κ3) is 1.23. The van der Waals surface area contributed by atoms with Crippen molar-refractivity contribution < 1.29 is 0 Å². The van der Waals surface area contributed by atoms with Crippen molar-refractivity contribution in [2.24, 2.45) is 12.8 Å². The number of rotatable bonds is 0. The fraction of sp³-hybridized carbons (Fsp3) is 0.385. The van der Waals surface area contributed by atoms with Crippen LogP contribution in [-0.4, -0.2) is 4.57 Å². The number of hydrogen-bond donors (Lipinski definition) is 1. The first kappa shape index (κ1) is 10.2. The molecule has 0 amide bonds. The first-order valence-corrected chi connectivity index (χ1v) is 6.09. The number of fused-ring (bicyclic) bond motifs is 3. The van der Waals surface area contributed by atoms with Gasteiger partial charge in [0.1, 0.15) is 0 Å². The predicted molar refractivity (Wildman–Crippen MR) is 67.8 cm³/mol. The Kier molecular flexibility index (Phi) is 2.23. The second kappa shape index (κ2) is 3.51. The van der Waals surface area contributed by atoms with E-state index in [1.54, 1.807) is 0 Å². The Morgan fingerprint density at radius 2 is 2.25 bits per heavy atom. The van der Waals surface area contributed by atoms with Gasteiger partial charge < -0.3 is 10.3 Å². The van der Waals surface area contributed by atoms with Gasteiger partial charge in [-0.05, 0) is 30.9 Å². The maximum atomic E-state index is 6.27. The first-order chi connectivity index (χ1) is 7.70. The highest BCUT2D eigenvalue weighted by Crippen LogP contribution is 2.37. The lowest BCUT2D eigenvalue weighted by Gasteiger charge is -2.20. The quantitative estimate of drug-likeness (QED) is 0.746. The van der Waals surface area contributed by atoms with Crippen molar-refractivity contribution in [1.82, 2.24) is 4.57 Å². The summed E-state index contributed by atoms with van der Waals surface area (Å²) in [6, 6.07) is 6.28. The third-order valence-corrected chi connectivity index (χ3v) is 3.92. The monoisotopic (exact) mass is 234 g/mol. The minimum atomic E-state index is 0.164. The number of para-hydroxylation sites is 1. The van der Waals surface area contributed by atoms with E-state index in [9.17, 15) is 0 Å². The molecule has 0 radical (unpaired) electrons. The van der Waals surface area contributed by atoms with Crippen molar-refractivity contribution in [2.45, 2.75) is 25.3 Å². The molecular weight excluding hydrogens is 220 g/mol. The van der Waals surface area contributed by atoms with Crippen LogP contribution in [0.1, 0.15) is 30.1 Å². The summed E-state index contributed by atoms with van der Waals surface area (Å²) < 4.78 is 2.18. The molecule has 2 N–H and O–H groups in total. The molecule has 0 saturated carbocycles. The highest BCUT2D eigenvalue weighted by Gasteiger charge is 2.24. The molecule has 84 valence electrons. The molecule has 3 rings (SSSR count). The maximum absolute atomic E-state index is 6.27. The van der Waals surface area contributed by atoms with E-state index in [1.165, 1.54) is 23.1 Å². The van der Waals surface area contributed by atoms with Gasteiger partial charge in [0.25, 0.3) is 0 Å². The van der Waals surface area contributed by atoms with Crippen molar-refractivity contribution >= 4 is 22.5 Å². The van der Waals surface area contributed by atoms with Crippen molar-refractivity contribution in [1.29, 1.82) is 0 Å². The lowest BCUT2D eigenvalue weighted by Crippen LogP contribution is -2.19. The molecule has 1 atom stereocenters. The molecule has 0 spiro atoms. The zero-order valence-corrected chi connectivity index (χ0v) is 10.1. The Labute approximate surface area is 100.0 Å². The Morgan fingerprint density at radius 3 is 3.06 bits per heavy atom. The standard InChI is InChI=1S/C13H15ClN2/c1-16-12-8(4-2-6-10(12)14)9-5-3-7-11(15)13(9)16/h2,4,6,11H,3,5,7,15H2,1H3. The smallest absolute Gasteiger partial charge is 0.0672 e. The summed E-state index contributed by atoms with van der Waals surface area (Å²) in [5.74, 6) is 0. The van der Waals surface area contributed by atoms with Gasteiger partial charge in [-0.3, -0.25) is 0 Å². The molecule has 0 bridgehead atoms. The molecule has 1 aliphatic carbocycles.